The van der Waals surface area contributed by atoms with E-state index in [-0.39, 0.29) is 12.5 Å². The molecule has 1 atom stereocenters. The van der Waals surface area contributed by atoms with E-state index in [1.807, 2.05) is 55.5 Å². The third-order valence-electron chi connectivity index (χ3n) is 5.73. The summed E-state index contributed by atoms with van der Waals surface area (Å²) in [6, 6.07) is 17.8. The van der Waals surface area contributed by atoms with Crippen LogP contribution in [-0.2, 0) is 9.53 Å². The molecule has 7 nitrogen and oxygen atoms in total. The molecule has 0 saturated carbocycles. The monoisotopic (exact) mass is 525 g/mol. The number of rotatable bonds is 8. The Bertz CT molecular complexity index is 1180. The first kappa shape index (κ1) is 23.6. The van der Waals surface area contributed by atoms with Crippen molar-refractivity contribution in [1.29, 1.82) is 0 Å². The molecule has 1 aliphatic carbocycles. The van der Waals surface area contributed by atoms with Crippen molar-refractivity contribution in [1.82, 2.24) is 5.32 Å². The molecule has 0 heterocycles. The van der Waals surface area contributed by atoms with Gasteiger partial charge in [0.2, 0.25) is 0 Å². The van der Waals surface area contributed by atoms with Crippen LogP contribution in [0.3, 0.4) is 0 Å². The molecule has 0 fully saturated rings. The van der Waals surface area contributed by atoms with Crippen molar-refractivity contribution < 1.29 is 28.9 Å². The minimum atomic E-state index is -1.34. The molecule has 0 spiro atoms. The third-order valence-corrected chi connectivity index (χ3v) is 6.32. The number of carbonyl (C=O) groups is 2. The highest BCUT2D eigenvalue weighted by molar-refractivity contribution is 9.10. The zero-order valence-electron chi connectivity index (χ0n) is 18.7. The van der Waals surface area contributed by atoms with Crippen LogP contribution in [0.4, 0.5) is 4.79 Å². The Kier molecular flexibility index (Phi) is 7.07. The van der Waals surface area contributed by atoms with Crippen molar-refractivity contribution in [2.45, 2.75) is 18.9 Å². The summed E-state index contributed by atoms with van der Waals surface area (Å²) in [4.78, 5) is 24.6. The zero-order chi connectivity index (χ0) is 24.2. The lowest BCUT2D eigenvalue weighted by Gasteiger charge is -2.19. The Morgan fingerprint density at radius 2 is 1.68 bits per heavy atom. The topological polar surface area (TPSA) is 94.1 Å². The van der Waals surface area contributed by atoms with Gasteiger partial charge in [-0.2, -0.15) is 0 Å². The predicted octanol–water partition coefficient (Wildman–Crippen LogP) is 5.52. The van der Waals surface area contributed by atoms with Gasteiger partial charge < -0.3 is 24.6 Å². The van der Waals surface area contributed by atoms with Crippen LogP contribution in [0.1, 0.15) is 35.6 Å². The summed E-state index contributed by atoms with van der Waals surface area (Å²) in [6.45, 7) is 2.33. The molecule has 3 aromatic rings. The molecule has 1 aliphatic rings. The molecule has 0 bridgehead atoms. The molecule has 8 heteroatoms. The number of nitrogens with one attached hydrogen (secondary N) is 1. The molecule has 176 valence electrons. The van der Waals surface area contributed by atoms with Gasteiger partial charge in [-0.3, -0.25) is 0 Å². The minimum absolute atomic E-state index is 0.0858. The minimum Gasteiger partial charge on any atom is -0.493 e. The lowest BCUT2D eigenvalue weighted by Crippen LogP contribution is -2.35. The first-order valence-electron chi connectivity index (χ1n) is 10.8. The van der Waals surface area contributed by atoms with Crippen LogP contribution in [0.5, 0.6) is 11.5 Å². The number of methoxy groups -OCH3 is 1. The summed E-state index contributed by atoms with van der Waals surface area (Å²) in [5.74, 6) is -0.543. The number of carboxylic acid groups (broad SMARTS) is 1. The highest BCUT2D eigenvalue weighted by Crippen LogP contribution is 2.44. The summed E-state index contributed by atoms with van der Waals surface area (Å²) < 4.78 is 16.9. The summed E-state index contributed by atoms with van der Waals surface area (Å²) >= 11 is 3.39. The average molecular weight is 526 g/mol. The second-order valence-electron chi connectivity index (χ2n) is 7.71. The van der Waals surface area contributed by atoms with Gasteiger partial charge in [0, 0.05) is 5.92 Å². The molecule has 34 heavy (non-hydrogen) atoms. The number of hydrogen-bond donors (Lipinski definition) is 2. The smallest absolute Gasteiger partial charge is 0.408 e. The van der Waals surface area contributed by atoms with Crippen molar-refractivity contribution in [2.24, 2.45) is 0 Å². The van der Waals surface area contributed by atoms with Crippen molar-refractivity contribution in [3.8, 4) is 22.6 Å². The summed E-state index contributed by atoms with van der Waals surface area (Å²) in [5.41, 5.74) is 4.69. The van der Waals surface area contributed by atoms with Gasteiger partial charge in [0.05, 0.1) is 18.2 Å². The number of alkyl carbamates (subject to hydrolysis) is 1. The fraction of sp³-hybridized carbons (Fsp3) is 0.231. The second-order valence-corrected chi connectivity index (χ2v) is 8.56. The SMILES string of the molecule is CCOc1c(Br)cc(C(NC(=O)OCC2c3ccccc3-c3ccccc32)C(=O)O)cc1OC. The van der Waals surface area contributed by atoms with Gasteiger partial charge in [0.1, 0.15) is 6.61 Å². The second kappa shape index (κ2) is 10.2. The first-order chi connectivity index (χ1) is 16.4. The summed E-state index contributed by atoms with van der Waals surface area (Å²) in [5, 5.41) is 12.2. The number of ether oxygens (including phenoxy) is 3. The Balaban J connectivity index is 1.51. The number of benzene rings is 3. The first-order valence-corrected chi connectivity index (χ1v) is 11.6. The molecule has 1 amide bonds. The van der Waals surface area contributed by atoms with Gasteiger partial charge in [0.25, 0.3) is 0 Å². The average Bonchev–Trinajstić information content (AvgIpc) is 3.16. The van der Waals surface area contributed by atoms with Crippen molar-refractivity contribution in [3.05, 3.63) is 81.8 Å². The van der Waals surface area contributed by atoms with E-state index in [1.165, 1.54) is 13.2 Å². The van der Waals surface area contributed by atoms with E-state index >= 15 is 0 Å². The lowest BCUT2D eigenvalue weighted by molar-refractivity contribution is -0.139. The molecular weight excluding hydrogens is 502 g/mol. The molecule has 3 aromatic carbocycles. The largest absolute Gasteiger partial charge is 0.493 e. The zero-order valence-corrected chi connectivity index (χ0v) is 20.3. The predicted molar refractivity (Wildman–Crippen MR) is 130 cm³/mol. The van der Waals surface area contributed by atoms with Crippen LogP contribution >= 0.6 is 15.9 Å². The van der Waals surface area contributed by atoms with Gasteiger partial charge in [-0.1, -0.05) is 48.5 Å². The molecule has 0 aromatic heterocycles. The van der Waals surface area contributed by atoms with Crippen LogP contribution in [0, 0.1) is 0 Å². The maximum absolute atomic E-state index is 12.7. The number of halogens is 1. The van der Waals surface area contributed by atoms with Crippen molar-refractivity contribution in [2.75, 3.05) is 20.3 Å². The summed E-state index contributed by atoms with van der Waals surface area (Å²) in [6.07, 6.45) is -0.821. The normalized spacial score (nSPS) is 12.9. The van der Waals surface area contributed by atoms with E-state index in [1.54, 1.807) is 6.07 Å². The molecule has 0 saturated heterocycles. The number of carbonyl (C=O) groups excluding carboxylic acids is 1. The highest BCUT2D eigenvalue weighted by Gasteiger charge is 2.30. The quantitative estimate of drug-likeness (QED) is 0.402. The lowest BCUT2D eigenvalue weighted by atomic mass is 9.98. The van der Waals surface area contributed by atoms with E-state index < -0.39 is 18.1 Å². The molecule has 0 aliphatic heterocycles. The van der Waals surface area contributed by atoms with Gasteiger partial charge >= 0.3 is 12.1 Å². The maximum atomic E-state index is 12.7. The van der Waals surface area contributed by atoms with Crippen LogP contribution < -0.4 is 14.8 Å². The van der Waals surface area contributed by atoms with E-state index in [2.05, 4.69) is 21.2 Å². The fourth-order valence-corrected chi connectivity index (χ4v) is 4.81. The third kappa shape index (κ3) is 4.59. The van der Waals surface area contributed by atoms with Crippen LogP contribution in [0.15, 0.2) is 65.1 Å². The van der Waals surface area contributed by atoms with E-state index in [9.17, 15) is 14.7 Å². The molecule has 4 rings (SSSR count). The van der Waals surface area contributed by atoms with Gasteiger partial charge in [-0.05, 0) is 62.8 Å². The molecule has 2 N–H and O–H groups in total. The van der Waals surface area contributed by atoms with Crippen molar-refractivity contribution >= 4 is 28.0 Å². The van der Waals surface area contributed by atoms with Gasteiger partial charge in [0.15, 0.2) is 17.5 Å². The highest BCUT2D eigenvalue weighted by atomic mass is 79.9. The van der Waals surface area contributed by atoms with Gasteiger partial charge in [-0.25, -0.2) is 9.59 Å². The number of amides is 1. The van der Waals surface area contributed by atoms with Crippen LogP contribution in [0.2, 0.25) is 0 Å². The van der Waals surface area contributed by atoms with E-state index in [0.29, 0.717) is 28.1 Å². The van der Waals surface area contributed by atoms with Crippen LogP contribution in [0.25, 0.3) is 11.1 Å². The fourth-order valence-electron chi connectivity index (χ4n) is 4.24. The number of carboxylic acids is 1. The van der Waals surface area contributed by atoms with Crippen molar-refractivity contribution in [3.63, 3.8) is 0 Å². The van der Waals surface area contributed by atoms with Crippen LogP contribution in [-0.4, -0.2) is 37.5 Å². The molecule has 0 radical (unpaired) electrons. The Morgan fingerprint density at radius 1 is 1.06 bits per heavy atom. The Hall–Kier alpha value is -3.52. The molecular formula is C26H24BrNO6. The molecule has 1 unspecified atom stereocenters. The standard InChI is InChI=1S/C26H24BrNO6/c1-3-33-24-21(27)12-15(13-22(24)32-2)23(25(29)30)28-26(31)34-14-20-18-10-6-4-8-16(18)17-9-5-7-11-19(17)20/h4-13,20,23H,3,14H2,1-2H3,(H,28,31)(H,29,30). The number of hydrogen-bond acceptors (Lipinski definition) is 5. The number of fused-ring (bicyclic) bond motifs is 3. The van der Waals surface area contributed by atoms with E-state index in [4.69, 9.17) is 14.2 Å². The maximum Gasteiger partial charge on any atom is 0.408 e. The summed E-state index contributed by atoms with van der Waals surface area (Å²) in [7, 11) is 1.46. The van der Waals surface area contributed by atoms with Gasteiger partial charge in [-0.15, -0.1) is 0 Å². The Labute approximate surface area is 205 Å². The number of aliphatic carboxylic acids is 1. The Morgan fingerprint density at radius 3 is 2.24 bits per heavy atom. The van der Waals surface area contributed by atoms with E-state index in [0.717, 1.165) is 22.3 Å².